The molecule has 0 amide bonds. The summed E-state index contributed by atoms with van der Waals surface area (Å²) in [6.07, 6.45) is 11.1. The van der Waals surface area contributed by atoms with Crippen molar-refractivity contribution in [3.8, 4) is 0 Å². The zero-order valence-electron chi connectivity index (χ0n) is 14.7. The van der Waals surface area contributed by atoms with Gasteiger partial charge in [0.15, 0.2) is 0 Å². The highest BCUT2D eigenvalue weighted by molar-refractivity contribution is 6.43. The minimum absolute atomic E-state index is 0.254. The van der Waals surface area contributed by atoms with E-state index in [1.54, 1.807) is 0 Å². The van der Waals surface area contributed by atoms with Crippen molar-refractivity contribution in [1.82, 2.24) is 5.43 Å². The zero-order chi connectivity index (χ0) is 16.6. The number of unbranched alkanes of at least 4 members (excludes halogenated alkanes) is 5. The molecular weight excluding hydrogens is 298 g/mol. The Bertz CT molecular complexity index is 568. The van der Waals surface area contributed by atoms with Crippen molar-refractivity contribution in [3.63, 3.8) is 0 Å². The fourth-order valence-electron chi connectivity index (χ4n) is 3.41. The molecule has 2 heterocycles. The van der Waals surface area contributed by atoms with E-state index in [1.165, 1.54) is 44.1 Å². The smallest absolute Gasteiger partial charge is 0.133 e. The number of hydrogen-bond donors (Lipinski definition) is 1. The monoisotopic (exact) mass is 327 g/mol. The highest BCUT2D eigenvalue weighted by atomic mass is 16.6. The Balaban J connectivity index is 1.37. The van der Waals surface area contributed by atoms with Gasteiger partial charge in [0.05, 0.1) is 11.8 Å². The van der Waals surface area contributed by atoms with Crippen LogP contribution in [0.2, 0.25) is 0 Å². The first-order valence-electron chi connectivity index (χ1n) is 9.47. The molecule has 3 rings (SSSR count). The largest absolute Gasteiger partial charge is 0.392 e. The van der Waals surface area contributed by atoms with E-state index >= 15 is 0 Å². The molecular formula is C20H29N3O. The Labute approximate surface area is 145 Å². The van der Waals surface area contributed by atoms with E-state index in [0.29, 0.717) is 0 Å². The lowest BCUT2D eigenvalue weighted by atomic mass is 9.97. The number of oxime groups is 1. The molecule has 130 valence electrons. The third-order valence-corrected chi connectivity index (χ3v) is 4.90. The number of hydrogen-bond acceptors (Lipinski definition) is 4. The molecule has 0 saturated heterocycles. The molecule has 24 heavy (non-hydrogen) atoms. The predicted molar refractivity (Wildman–Crippen MR) is 99.3 cm³/mol. The van der Waals surface area contributed by atoms with Crippen molar-refractivity contribution >= 4 is 11.4 Å². The summed E-state index contributed by atoms with van der Waals surface area (Å²) in [5.41, 5.74) is 6.62. The van der Waals surface area contributed by atoms with Crippen LogP contribution in [-0.4, -0.2) is 17.5 Å². The quantitative estimate of drug-likeness (QED) is 0.651. The van der Waals surface area contributed by atoms with Crippen molar-refractivity contribution in [2.75, 3.05) is 0 Å². The second-order valence-corrected chi connectivity index (χ2v) is 6.88. The third-order valence-electron chi connectivity index (χ3n) is 4.90. The van der Waals surface area contributed by atoms with E-state index in [4.69, 9.17) is 4.84 Å². The van der Waals surface area contributed by atoms with E-state index in [0.717, 1.165) is 30.7 Å². The topological polar surface area (TPSA) is 46.0 Å². The van der Waals surface area contributed by atoms with Gasteiger partial charge in [0.1, 0.15) is 11.8 Å². The molecule has 2 aliphatic rings. The number of nitrogens with one attached hydrogen (secondary N) is 1. The number of nitrogens with zero attached hydrogens (tertiary/aromatic N) is 2. The highest BCUT2D eigenvalue weighted by Crippen LogP contribution is 2.25. The van der Waals surface area contributed by atoms with E-state index in [1.807, 2.05) is 6.07 Å². The van der Waals surface area contributed by atoms with Gasteiger partial charge in [-0.25, -0.2) is 0 Å². The van der Waals surface area contributed by atoms with Crippen LogP contribution in [0.25, 0.3) is 0 Å². The second-order valence-electron chi connectivity index (χ2n) is 6.88. The summed E-state index contributed by atoms with van der Waals surface area (Å²) >= 11 is 0. The predicted octanol–water partition coefficient (Wildman–Crippen LogP) is 4.97. The number of hydrazone groups is 1. The molecule has 2 aliphatic heterocycles. The number of benzene rings is 1. The van der Waals surface area contributed by atoms with Crippen LogP contribution in [-0.2, 0) is 4.84 Å². The molecule has 0 radical (unpaired) electrons. The van der Waals surface area contributed by atoms with Gasteiger partial charge < -0.3 is 10.3 Å². The summed E-state index contributed by atoms with van der Waals surface area (Å²) < 4.78 is 0. The summed E-state index contributed by atoms with van der Waals surface area (Å²) in [5, 5.41) is 8.80. The van der Waals surface area contributed by atoms with E-state index in [9.17, 15) is 0 Å². The maximum absolute atomic E-state index is 5.63. The highest BCUT2D eigenvalue weighted by Gasteiger charge is 2.29. The Kier molecular flexibility index (Phi) is 6.27. The Morgan fingerprint density at radius 3 is 2.62 bits per heavy atom. The normalized spacial score (nSPS) is 22.7. The summed E-state index contributed by atoms with van der Waals surface area (Å²) in [4.78, 5) is 5.63. The van der Waals surface area contributed by atoms with Crippen LogP contribution in [0.4, 0.5) is 0 Å². The lowest BCUT2D eigenvalue weighted by Gasteiger charge is -2.09. The average Bonchev–Trinajstić information content (AvgIpc) is 3.28. The van der Waals surface area contributed by atoms with Crippen molar-refractivity contribution in [3.05, 3.63) is 35.9 Å². The maximum atomic E-state index is 5.63. The summed E-state index contributed by atoms with van der Waals surface area (Å²) in [5.74, 6) is 0. The van der Waals surface area contributed by atoms with Crippen LogP contribution >= 0.6 is 0 Å². The van der Waals surface area contributed by atoms with Gasteiger partial charge in [0, 0.05) is 12.8 Å². The molecule has 0 saturated carbocycles. The van der Waals surface area contributed by atoms with Gasteiger partial charge in [0.2, 0.25) is 0 Å². The first-order valence-corrected chi connectivity index (χ1v) is 9.47. The first kappa shape index (κ1) is 17.0. The van der Waals surface area contributed by atoms with Crippen LogP contribution in [0.5, 0.6) is 0 Å². The third kappa shape index (κ3) is 4.59. The summed E-state index contributed by atoms with van der Waals surface area (Å²) in [6, 6.07) is 10.7. The van der Waals surface area contributed by atoms with Crippen molar-refractivity contribution < 1.29 is 4.84 Å². The van der Waals surface area contributed by atoms with Crippen molar-refractivity contribution in [2.45, 2.75) is 76.9 Å². The van der Waals surface area contributed by atoms with E-state index < -0.39 is 0 Å². The van der Waals surface area contributed by atoms with Gasteiger partial charge in [-0.2, -0.15) is 5.10 Å². The molecule has 0 spiro atoms. The molecule has 1 N–H and O–H groups in total. The summed E-state index contributed by atoms with van der Waals surface area (Å²) in [6.45, 7) is 2.26. The Hall–Kier alpha value is -1.84. The standard InChI is InChI=1S/C20H29N3O/c1-2-3-4-5-6-10-13-17-14-20(23-24-17)19-15-18(21-22-19)16-11-8-7-9-12-16/h7-9,11-12,17-18,21H,2-6,10,13-15H2,1H3. The van der Waals surface area contributed by atoms with E-state index in [-0.39, 0.29) is 12.1 Å². The minimum Gasteiger partial charge on any atom is -0.392 e. The molecule has 0 aromatic heterocycles. The first-order chi connectivity index (χ1) is 11.9. The SMILES string of the molecule is CCCCCCCCC1CC(C2=NNC(c3ccccc3)C2)=NO1. The molecule has 4 heteroatoms. The van der Waals surface area contributed by atoms with Crippen LogP contribution < -0.4 is 5.43 Å². The van der Waals surface area contributed by atoms with Gasteiger partial charge in [-0.3, -0.25) is 0 Å². The van der Waals surface area contributed by atoms with Crippen LogP contribution in [0.3, 0.4) is 0 Å². The second kappa shape index (κ2) is 8.86. The lowest BCUT2D eigenvalue weighted by molar-refractivity contribution is 0.0770. The van der Waals surface area contributed by atoms with Crippen LogP contribution in [0.15, 0.2) is 40.6 Å². The molecule has 0 aliphatic carbocycles. The Morgan fingerprint density at radius 2 is 1.79 bits per heavy atom. The molecule has 0 fully saturated rings. The van der Waals surface area contributed by atoms with Crippen molar-refractivity contribution in [2.24, 2.45) is 10.3 Å². The molecule has 4 nitrogen and oxygen atoms in total. The summed E-state index contributed by atoms with van der Waals surface area (Å²) in [7, 11) is 0. The lowest BCUT2D eigenvalue weighted by Crippen LogP contribution is -2.15. The fourth-order valence-corrected chi connectivity index (χ4v) is 3.41. The fraction of sp³-hybridized carbons (Fsp3) is 0.600. The van der Waals surface area contributed by atoms with Gasteiger partial charge in [0.25, 0.3) is 0 Å². The minimum atomic E-state index is 0.254. The van der Waals surface area contributed by atoms with E-state index in [2.05, 4.69) is 46.9 Å². The van der Waals surface area contributed by atoms with Gasteiger partial charge in [-0.05, 0) is 18.4 Å². The van der Waals surface area contributed by atoms with Gasteiger partial charge in [-0.15, -0.1) is 0 Å². The van der Waals surface area contributed by atoms with Crippen LogP contribution in [0.1, 0.15) is 76.3 Å². The molecule has 2 unspecified atom stereocenters. The Morgan fingerprint density at radius 1 is 1.00 bits per heavy atom. The zero-order valence-corrected chi connectivity index (χ0v) is 14.7. The maximum Gasteiger partial charge on any atom is 0.133 e. The molecule has 2 atom stereocenters. The molecule has 1 aromatic rings. The molecule has 1 aromatic carbocycles. The van der Waals surface area contributed by atoms with Crippen LogP contribution in [0, 0.1) is 0 Å². The van der Waals surface area contributed by atoms with Crippen molar-refractivity contribution in [1.29, 1.82) is 0 Å². The van der Waals surface area contributed by atoms with Gasteiger partial charge >= 0.3 is 0 Å². The average molecular weight is 327 g/mol. The number of rotatable bonds is 9. The molecule has 0 bridgehead atoms. The van der Waals surface area contributed by atoms with Gasteiger partial charge in [-0.1, -0.05) is 74.5 Å².